The number of fused-ring (bicyclic) bond motifs is 2. The molecule has 0 spiro atoms. The Morgan fingerprint density at radius 2 is 1.04 bits per heavy atom. The second-order valence-electron chi connectivity index (χ2n) is 10.6. The van der Waals surface area contributed by atoms with Crippen LogP contribution in [0.15, 0.2) is 71.1 Å². The predicted octanol–water partition coefficient (Wildman–Crippen LogP) is 7.59. The summed E-state index contributed by atoms with van der Waals surface area (Å²) in [6, 6.07) is 12.5. The molecule has 2 aliphatic rings. The van der Waals surface area contributed by atoms with Gasteiger partial charge >= 0.3 is 24.9 Å². The van der Waals surface area contributed by atoms with E-state index in [2.05, 4.69) is 23.9 Å². The number of rotatable bonds is 5. The lowest BCUT2D eigenvalue weighted by molar-refractivity contribution is -0.277. The monoisotopic (exact) mass is 698 g/mol. The Labute approximate surface area is 275 Å². The molecule has 0 radical (unpaired) electrons. The van der Waals surface area contributed by atoms with Crippen molar-refractivity contribution in [3.63, 3.8) is 0 Å². The number of ether oxygens (including phenoxy) is 3. The zero-order valence-corrected chi connectivity index (χ0v) is 24.9. The van der Waals surface area contributed by atoms with Crippen LogP contribution < -0.4 is 24.6 Å². The lowest BCUT2D eigenvalue weighted by Crippen LogP contribution is -2.32. The Morgan fingerprint density at radius 1 is 0.640 bits per heavy atom. The van der Waals surface area contributed by atoms with E-state index in [4.69, 9.17) is 13.1 Å². The van der Waals surface area contributed by atoms with Crippen molar-refractivity contribution in [2.45, 2.75) is 38.9 Å². The van der Waals surface area contributed by atoms with E-state index in [0.717, 1.165) is 24.3 Å². The van der Waals surface area contributed by atoms with Crippen LogP contribution >= 0.6 is 0 Å². The smallest absolute Gasteiger partial charge is 0.406 e. The van der Waals surface area contributed by atoms with Crippen molar-refractivity contribution in [3.8, 4) is 29.4 Å². The van der Waals surface area contributed by atoms with Crippen LogP contribution in [-0.4, -0.2) is 19.1 Å². The Morgan fingerprint density at radius 3 is 1.44 bits per heavy atom. The van der Waals surface area contributed by atoms with E-state index < -0.39 is 87.7 Å². The zero-order chi connectivity index (χ0) is 36.8. The molecule has 0 N–H and O–H groups in total. The molecule has 0 saturated carbocycles. The minimum absolute atomic E-state index is 0.118. The van der Waals surface area contributed by atoms with E-state index in [0.29, 0.717) is 5.56 Å². The maximum absolute atomic E-state index is 14.2. The second kappa shape index (κ2) is 12.6. The molecule has 0 aromatic heterocycles. The van der Waals surface area contributed by atoms with Crippen molar-refractivity contribution in [2.75, 3.05) is 0 Å². The van der Waals surface area contributed by atoms with Crippen LogP contribution in [0.2, 0.25) is 0 Å². The fourth-order valence-corrected chi connectivity index (χ4v) is 5.86. The topological polar surface area (TPSA) is 84.0 Å². The van der Waals surface area contributed by atoms with Crippen LogP contribution in [0.25, 0.3) is 20.8 Å². The number of hydrogen-bond donors (Lipinski definition) is 0. The van der Waals surface area contributed by atoms with Crippen molar-refractivity contribution in [3.05, 3.63) is 132 Å². The highest BCUT2D eigenvalue weighted by atomic mass is 19.4. The lowest BCUT2D eigenvalue weighted by atomic mass is 9.95. The third-order valence-electron chi connectivity index (χ3n) is 7.58. The first-order valence-corrected chi connectivity index (χ1v) is 13.8. The summed E-state index contributed by atoms with van der Waals surface area (Å²) < 4.78 is 137. The van der Waals surface area contributed by atoms with Crippen LogP contribution in [0.4, 0.5) is 39.5 Å². The minimum atomic E-state index is -5.50. The molecule has 16 heteroatoms. The molecule has 0 amide bonds. The molecule has 5 rings (SSSR count). The average Bonchev–Trinajstić information content (AvgIpc) is 3.60. The molecular formula is C34H15F9N4O3. The van der Waals surface area contributed by atoms with Gasteiger partial charge < -0.3 is 14.2 Å². The molecule has 0 atom stereocenters. The maximum atomic E-state index is 14.2. The average molecular weight is 699 g/mol. The van der Waals surface area contributed by atoms with Gasteiger partial charge in [-0.25, -0.2) is 0 Å². The number of nitriles is 2. The van der Waals surface area contributed by atoms with E-state index in [1.807, 2.05) is 0 Å². The van der Waals surface area contributed by atoms with Crippen molar-refractivity contribution < 1.29 is 53.7 Å². The summed E-state index contributed by atoms with van der Waals surface area (Å²) in [5.41, 5.74) is -2.56. The molecule has 3 aromatic carbocycles. The normalized spacial score (nSPS) is 13.8. The maximum Gasteiger partial charge on any atom is 0.573 e. The molecule has 0 fully saturated rings. The number of benzene rings is 3. The van der Waals surface area contributed by atoms with E-state index in [1.165, 1.54) is 12.1 Å². The predicted molar refractivity (Wildman–Crippen MR) is 154 cm³/mol. The second-order valence-corrected chi connectivity index (χ2v) is 10.6. The van der Waals surface area contributed by atoms with E-state index >= 15 is 0 Å². The Kier molecular flexibility index (Phi) is 8.78. The molecule has 2 aliphatic carbocycles. The van der Waals surface area contributed by atoms with Gasteiger partial charge in [-0.05, 0) is 46.9 Å². The summed E-state index contributed by atoms with van der Waals surface area (Å²) >= 11 is 0. The molecule has 3 aromatic rings. The summed E-state index contributed by atoms with van der Waals surface area (Å²) in [5, 5.41) is 18.3. The first kappa shape index (κ1) is 34.9. The van der Waals surface area contributed by atoms with Gasteiger partial charge in [-0.3, -0.25) is 0 Å². The van der Waals surface area contributed by atoms with Gasteiger partial charge in [-0.1, -0.05) is 42.0 Å². The standard InChI is InChI=1S/C34H15F9N4O3/c1-16-4-6-17(7-5-16)26-24(31(46-2)47-3)13-23-28(26)29(49-33(38,39)40)22-12-21(19(14-44)15-45)25(27(22)30(23)50-34(41,42)43)18-8-10-20(11-9-18)48-32(35,36)37/h4-11H,12-13H2,1H3. The van der Waals surface area contributed by atoms with Gasteiger partial charge in [-0.2, -0.15) is 20.2 Å². The van der Waals surface area contributed by atoms with Gasteiger partial charge in [0.2, 0.25) is 0 Å². The Balaban J connectivity index is 2.08. The first-order chi connectivity index (χ1) is 23.4. The quantitative estimate of drug-likeness (QED) is 0.156. The van der Waals surface area contributed by atoms with Crippen molar-refractivity contribution in [2.24, 2.45) is 0 Å². The fourth-order valence-electron chi connectivity index (χ4n) is 5.86. The van der Waals surface area contributed by atoms with Gasteiger partial charge in [0.25, 0.3) is 0 Å². The molecule has 0 heterocycles. The third kappa shape index (κ3) is 6.78. The van der Waals surface area contributed by atoms with Gasteiger partial charge in [0.1, 0.15) is 48.1 Å². The number of hydrogen-bond acceptors (Lipinski definition) is 5. The summed E-state index contributed by atoms with van der Waals surface area (Å²) in [5.74, 6) is -3.54. The van der Waals surface area contributed by atoms with Gasteiger partial charge in [0.05, 0.1) is 5.57 Å². The third-order valence-corrected chi connectivity index (χ3v) is 7.58. The molecule has 7 nitrogen and oxygen atoms in total. The van der Waals surface area contributed by atoms with Gasteiger partial charge in [-0.15, -0.1) is 39.5 Å². The highest BCUT2D eigenvalue weighted by molar-refractivity contribution is 5.92. The molecular weight excluding hydrogens is 683 g/mol. The summed E-state index contributed by atoms with van der Waals surface area (Å²) in [6.07, 6.45) is -17.6. The SMILES string of the molecule is [C-]#[N+]C([N+]#[C-])=C1Cc2c(OC(F)(F)F)c3c(c(OC(F)(F)F)c2=C1c1ccc(C)cc1)CC(=C(C#N)C#N)C=3c1ccc(OC(F)(F)F)cc1. The molecule has 0 unspecified atom stereocenters. The molecule has 252 valence electrons. The van der Waals surface area contributed by atoms with E-state index in [9.17, 15) is 50.0 Å². The number of aryl methyl sites for hydroxylation is 1. The lowest BCUT2D eigenvalue weighted by Gasteiger charge is -2.19. The molecule has 0 bridgehead atoms. The Hall–Kier alpha value is -6.39. The largest absolute Gasteiger partial charge is 0.573 e. The van der Waals surface area contributed by atoms with Crippen LogP contribution in [0.3, 0.4) is 0 Å². The van der Waals surface area contributed by atoms with Crippen molar-refractivity contribution >= 4 is 11.1 Å². The molecule has 0 saturated heterocycles. The van der Waals surface area contributed by atoms with Crippen LogP contribution in [0.1, 0.15) is 27.8 Å². The first-order valence-electron chi connectivity index (χ1n) is 13.8. The highest BCUT2D eigenvalue weighted by Crippen LogP contribution is 2.44. The number of allylic oxidation sites excluding steroid dienone is 3. The fraction of sp³-hybridized carbons (Fsp3) is 0.176. The summed E-state index contributed by atoms with van der Waals surface area (Å²) in [7, 11) is 0. The zero-order valence-electron chi connectivity index (χ0n) is 24.9. The van der Waals surface area contributed by atoms with Crippen molar-refractivity contribution in [1.82, 2.24) is 0 Å². The van der Waals surface area contributed by atoms with Gasteiger partial charge in [0, 0.05) is 34.4 Å². The van der Waals surface area contributed by atoms with Crippen molar-refractivity contribution in [1.29, 1.82) is 10.5 Å². The van der Waals surface area contributed by atoms with Gasteiger partial charge in [0.15, 0.2) is 0 Å². The number of alkyl halides is 9. The van der Waals surface area contributed by atoms with E-state index in [1.54, 1.807) is 31.2 Å². The minimum Gasteiger partial charge on any atom is -0.406 e. The van der Waals surface area contributed by atoms with Crippen LogP contribution in [0.5, 0.6) is 17.2 Å². The molecule has 0 aliphatic heterocycles. The van der Waals surface area contributed by atoms with Crippen LogP contribution in [-0.2, 0) is 12.8 Å². The van der Waals surface area contributed by atoms with E-state index in [-0.39, 0.29) is 27.8 Å². The molecule has 50 heavy (non-hydrogen) atoms. The number of nitrogens with zero attached hydrogens (tertiary/aromatic N) is 4. The Bertz CT molecular complexity index is 2260. The number of halogens is 9. The summed E-state index contributed by atoms with van der Waals surface area (Å²) in [4.78, 5) is 6.32. The highest BCUT2D eigenvalue weighted by Gasteiger charge is 2.43. The summed E-state index contributed by atoms with van der Waals surface area (Å²) in [6.45, 7) is 16.8. The van der Waals surface area contributed by atoms with Crippen LogP contribution in [0, 0.1) is 42.7 Å².